The van der Waals surface area contributed by atoms with Crippen LogP contribution in [0.15, 0.2) is 24.3 Å². The summed E-state index contributed by atoms with van der Waals surface area (Å²) in [5, 5.41) is 3.88. The summed E-state index contributed by atoms with van der Waals surface area (Å²) in [7, 11) is 1.84. The lowest BCUT2D eigenvalue weighted by molar-refractivity contribution is 0.614. The van der Waals surface area contributed by atoms with E-state index in [1.165, 1.54) is 6.07 Å². The molecule has 0 radical (unpaired) electrons. The zero-order valence-corrected chi connectivity index (χ0v) is 10.1. The van der Waals surface area contributed by atoms with Crippen molar-refractivity contribution in [3.05, 3.63) is 46.2 Å². The van der Waals surface area contributed by atoms with Crippen LogP contribution in [-0.2, 0) is 6.42 Å². The monoisotopic (exact) mass is 236 g/mol. The number of anilines is 1. The van der Waals surface area contributed by atoms with Crippen molar-refractivity contribution in [1.82, 2.24) is 4.98 Å². The molecule has 1 N–H and O–H groups in total. The van der Waals surface area contributed by atoms with E-state index in [0.717, 1.165) is 21.3 Å². The van der Waals surface area contributed by atoms with Crippen molar-refractivity contribution in [3.8, 4) is 0 Å². The van der Waals surface area contributed by atoms with Gasteiger partial charge < -0.3 is 5.32 Å². The smallest absolute Gasteiger partial charge is 0.182 e. The number of nitrogens with one attached hydrogen (secondary N) is 1. The van der Waals surface area contributed by atoms with Gasteiger partial charge in [-0.2, -0.15) is 0 Å². The molecule has 1 aromatic carbocycles. The molecular weight excluding hydrogens is 223 g/mol. The zero-order valence-electron chi connectivity index (χ0n) is 9.25. The SMILES string of the molecule is CNc1nc(C)c(Cc2ccccc2F)s1. The molecule has 0 aliphatic carbocycles. The van der Waals surface area contributed by atoms with Crippen molar-refractivity contribution in [2.45, 2.75) is 13.3 Å². The summed E-state index contributed by atoms with van der Waals surface area (Å²) in [6, 6.07) is 6.86. The number of hydrogen-bond acceptors (Lipinski definition) is 3. The number of hydrogen-bond donors (Lipinski definition) is 1. The van der Waals surface area contributed by atoms with E-state index in [2.05, 4.69) is 10.3 Å². The van der Waals surface area contributed by atoms with Crippen LogP contribution in [0.1, 0.15) is 16.1 Å². The van der Waals surface area contributed by atoms with Crippen LogP contribution in [0, 0.1) is 12.7 Å². The number of benzene rings is 1. The number of nitrogens with zero attached hydrogens (tertiary/aromatic N) is 1. The van der Waals surface area contributed by atoms with Crippen molar-refractivity contribution < 1.29 is 4.39 Å². The topological polar surface area (TPSA) is 24.9 Å². The van der Waals surface area contributed by atoms with E-state index >= 15 is 0 Å². The number of thiazole rings is 1. The first kappa shape index (κ1) is 11.1. The van der Waals surface area contributed by atoms with Gasteiger partial charge in [0, 0.05) is 18.3 Å². The Kier molecular flexibility index (Phi) is 3.19. The number of aromatic nitrogens is 1. The number of halogens is 1. The summed E-state index contributed by atoms with van der Waals surface area (Å²) in [6.07, 6.45) is 0.609. The molecule has 84 valence electrons. The Balaban J connectivity index is 2.27. The molecule has 2 aromatic rings. The van der Waals surface area contributed by atoms with Gasteiger partial charge in [0.15, 0.2) is 5.13 Å². The second kappa shape index (κ2) is 4.61. The van der Waals surface area contributed by atoms with Crippen molar-refractivity contribution in [3.63, 3.8) is 0 Å². The molecule has 0 aliphatic rings. The van der Waals surface area contributed by atoms with Gasteiger partial charge in [-0.25, -0.2) is 9.37 Å². The molecule has 0 unspecified atom stereocenters. The molecule has 0 amide bonds. The minimum atomic E-state index is -0.152. The van der Waals surface area contributed by atoms with Gasteiger partial charge in [-0.3, -0.25) is 0 Å². The molecule has 0 saturated carbocycles. The molecule has 0 bridgehead atoms. The normalized spacial score (nSPS) is 10.4. The fourth-order valence-electron chi connectivity index (χ4n) is 1.51. The van der Waals surface area contributed by atoms with Gasteiger partial charge in [0.2, 0.25) is 0 Å². The summed E-state index contributed by atoms with van der Waals surface area (Å²) in [5.74, 6) is -0.152. The van der Waals surface area contributed by atoms with E-state index in [1.54, 1.807) is 17.4 Å². The van der Waals surface area contributed by atoms with Crippen molar-refractivity contribution in [2.24, 2.45) is 0 Å². The Hall–Kier alpha value is -1.42. The highest BCUT2D eigenvalue weighted by Gasteiger charge is 2.09. The second-order valence-corrected chi connectivity index (χ2v) is 4.63. The lowest BCUT2D eigenvalue weighted by Gasteiger charge is -2.00. The summed E-state index contributed by atoms with van der Waals surface area (Å²) >= 11 is 1.57. The molecule has 0 fully saturated rings. The van der Waals surface area contributed by atoms with Crippen LogP contribution in [0.3, 0.4) is 0 Å². The van der Waals surface area contributed by atoms with E-state index < -0.39 is 0 Å². The van der Waals surface area contributed by atoms with Crippen LogP contribution in [0.4, 0.5) is 9.52 Å². The molecule has 16 heavy (non-hydrogen) atoms. The highest BCUT2D eigenvalue weighted by atomic mass is 32.1. The van der Waals surface area contributed by atoms with E-state index in [9.17, 15) is 4.39 Å². The Morgan fingerprint density at radius 1 is 1.38 bits per heavy atom. The standard InChI is InChI=1S/C12H13FN2S/c1-8-11(16-12(14-2)15-8)7-9-5-3-4-6-10(9)13/h3-6H,7H2,1-2H3,(H,14,15). The van der Waals surface area contributed by atoms with Gasteiger partial charge in [0.05, 0.1) is 5.69 Å². The molecule has 0 spiro atoms. The Morgan fingerprint density at radius 2 is 2.12 bits per heavy atom. The highest BCUT2D eigenvalue weighted by Crippen LogP contribution is 2.25. The lowest BCUT2D eigenvalue weighted by Crippen LogP contribution is -1.91. The summed E-state index contributed by atoms with van der Waals surface area (Å²) in [4.78, 5) is 5.45. The number of aryl methyl sites for hydroxylation is 1. The van der Waals surface area contributed by atoms with Crippen molar-refractivity contribution >= 4 is 16.5 Å². The molecule has 0 saturated heterocycles. The first-order valence-electron chi connectivity index (χ1n) is 5.08. The summed E-state index contributed by atoms with van der Waals surface area (Å²) in [6.45, 7) is 1.95. The third-order valence-electron chi connectivity index (χ3n) is 2.42. The molecular formula is C12H13FN2S. The van der Waals surface area contributed by atoms with Crippen molar-refractivity contribution in [2.75, 3.05) is 12.4 Å². The van der Waals surface area contributed by atoms with Crippen LogP contribution < -0.4 is 5.32 Å². The molecule has 1 aromatic heterocycles. The third-order valence-corrected chi connectivity index (χ3v) is 3.59. The highest BCUT2D eigenvalue weighted by molar-refractivity contribution is 7.15. The predicted octanol–water partition coefficient (Wildman–Crippen LogP) is 3.22. The fraction of sp³-hybridized carbons (Fsp3) is 0.250. The first-order chi connectivity index (χ1) is 7.70. The van der Waals surface area contributed by atoms with E-state index in [4.69, 9.17) is 0 Å². The molecule has 2 nitrogen and oxygen atoms in total. The average Bonchev–Trinajstić information content (AvgIpc) is 2.63. The molecule has 0 aliphatic heterocycles. The molecule has 0 atom stereocenters. The van der Waals surface area contributed by atoms with Crippen LogP contribution in [0.2, 0.25) is 0 Å². The van der Waals surface area contributed by atoms with Gasteiger partial charge in [-0.15, -0.1) is 11.3 Å². The van der Waals surface area contributed by atoms with Gasteiger partial charge in [-0.05, 0) is 18.6 Å². The predicted molar refractivity (Wildman–Crippen MR) is 65.6 cm³/mol. The summed E-state index contributed by atoms with van der Waals surface area (Å²) < 4.78 is 13.5. The third kappa shape index (κ3) is 2.22. The maximum Gasteiger partial charge on any atom is 0.182 e. The average molecular weight is 236 g/mol. The maximum atomic E-state index is 13.5. The van der Waals surface area contributed by atoms with Crippen LogP contribution in [0.25, 0.3) is 0 Å². The van der Waals surface area contributed by atoms with Gasteiger partial charge in [0.25, 0.3) is 0 Å². The number of rotatable bonds is 3. The molecule has 4 heteroatoms. The summed E-state index contributed by atoms with van der Waals surface area (Å²) in [5.41, 5.74) is 1.69. The zero-order chi connectivity index (χ0) is 11.5. The minimum absolute atomic E-state index is 0.152. The van der Waals surface area contributed by atoms with Gasteiger partial charge >= 0.3 is 0 Å². The molecule has 1 heterocycles. The van der Waals surface area contributed by atoms with E-state index in [0.29, 0.717) is 6.42 Å². The lowest BCUT2D eigenvalue weighted by atomic mass is 10.1. The van der Waals surface area contributed by atoms with E-state index in [1.807, 2.05) is 26.1 Å². The van der Waals surface area contributed by atoms with Crippen LogP contribution in [-0.4, -0.2) is 12.0 Å². The van der Waals surface area contributed by atoms with Crippen LogP contribution in [0.5, 0.6) is 0 Å². The van der Waals surface area contributed by atoms with Gasteiger partial charge in [-0.1, -0.05) is 18.2 Å². The second-order valence-electron chi connectivity index (χ2n) is 3.55. The Morgan fingerprint density at radius 3 is 2.75 bits per heavy atom. The molecule has 2 rings (SSSR count). The van der Waals surface area contributed by atoms with Crippen LogP contribution >= 0.6 is 11.3 Å². The minimum Gasteiger partial charge on any atom is -0.365 e. The Labute approximate surface area is 98.2 Å². The van der Waals surface area contributed by atoms with E-state index in [-0.39, 0.29) is 5.82 Å². The first-order valence-corrected chi connectivity index (χ1v) is 5.90. The largest absolute Gasteiger partial charge is 0.365 e. The van der Waals surface area contributed by atoms with Crippen molar-refractivity contribution in [1.29, 1.82) is 0 Å². The quantitative estimate of drug-likeness (QED) is 0.885. The Bertz CT molecular complexity index is 494. The fourth-order valence-corrected chi connectivity index (χ4v) is 2.45. The maximum absolute atomic E-state index is 13.5. The van der Waals surface area contributed by atoms with Gasteiger partial charge in [0.1, 0.15) is 5.82 Å².